The molecule has 5 aromatic rings. The van der Waals surface area contributed by atoms with Crippen LogP contribution in [-0.2, 0) is 15.1 Å². The summed E-state index contributed by atoms with van der Waals surface area (Å²) in [5.74, 6) is 1.30. The van der Waals surface area contributed by atoms with E-state index >= 15 is 0 Å². The number of aromatic nitrogens is 2. The van der Waals surface area contributed by atoms with E-state index in [1.54, 1.807) is 50.7 Å². The summed E-state index contributed by atoms with van der Waals surface area (Å²) in [6, 6.07) is 36.0. The van der Waals surface area contributed by atoms with Crippen LogP contribution in [0.3, 0.4) is 0 Å². The van der Waals surface area contributed by atoms with Gasteiger partial charge in [0.15, 0.2) is 0 Å². The van der Waals surface area contributed by atoms with E-state index in [4.69, 9.17) is 18.9 Å². The van der Waals surface area contributed by atoms with Gasteiger partial charge in [0.2, 0.25) is 0 Å². The van der Waals surface area contributed by atoms with Crippen molar-refractivity contribution in [3.8, 4) is 11.5 Å². The lowest BCUT2D eigenvalue weighted by molar-refractivity contribution is -0.0720. The predicted molar refractivity (Wildman–Crippen MR) is 174 cm³/mol. The molecule has 2 heterocycles. The summed E-state index contributed by atoms with van der Waals surface area (Å²) in [5.41, 5.74) is 1.71. The van der Waals surface area contributed by atoms with Gasteiger partial charge in [-0.15, -0.1) is 0 Å². The zero-order valence-corrected chi connectivity index (χ0v) is 25.5. The number of nitrogens with zero attached hydrogens (tertiary/aromatic N) is 2. The standard InChI is InChI=1S/C37H34N3O6/c1-43-30-17-13-28(14-18-30)37(27-11-7-4-8-12-27,29-15-19-31(44-2)20-16-29)45-25-32-21-22-34(46-32)40-24-23-33(39-36(40)42)38-35(41)26-9-5-3-6-10-26/h3-21,23-24,32,34H,22,25H2,1-2H3,(H,38,39,41,42)/t32-,34-/m1/s1. The lowest BCUT2D eigenvalue weighted by Gasteiger charge is -2.37. The molecular formula is C37H34N3O6. The van der Waals surface area contributed by atoms with Crippen LogP contribution in [0.2, 0.25) is 0 Å². The average Bonchev–Trinajstić information content (AvgIpc) is 3.58. The monoisotopic (exact) mass is 616 g/mol. The highest BCUT2D eigenvalue weighted by Crippen LogP contribution is 2.42. The Labute approximate surface area is 267 Å². The van der Waals surface area contributed by atoms with Gasteiger partial charge in [-0.1, -0.05) is 72.8 Å². The number of benzene rings is 4. The lowest BCUT2D eigenvalue weighted by Crippen LogP contribution is -2.36. The molecule has 46 heavy (non-hydrogen) atoms. The fourth-order valence-corrected chi connectivity index (χ4v) is 5.63. The molecule has 1 N–H and O–H groups in total. The molecule has 0 aliphatic carbocycles. The Hall–Kier alpha value is -5.25. The van der Waals surface area contributed by atoms with Gasteiger partial charge >= 0.3 is 5.69 Å². The number of amides is 1. The number of hydrogen-bond acceptors (Lipinski definition) is 7. The smallest absolute Gasteiger partial charge is 0.351 e. The molecule has 233 valence electrons. The van der Waals surface area contributed by atoms with E-state index in [9.17, 15) is 9.59 Å². The number of rotatable bonds is 11. The Morgan fingerprint density at radius 3 is 1.96 bits per heavy atom. The molecule has 1 radical (unpaired) electrons. The number of methoxy groups -OCH3 is 2. The highest BCUT2D eigenvalue weighted by Gasteiger charge is 2.40. The van der Waals surface area contributed by atoms with E-state index in [0.717, 1.165) is 28.2 Å². The van der Waals surface area contributed by atoms with Crippen LogP contribution in [0.5, 0.6) is 11.5 Å². The summed E-state index contributed by atoms with van der Waals surface area (Å²) in [7, 11) is 3.27. The van der Waals surface area contributed by atoms with Gasteiger partial charge in [-0.05, 0) is 72.0 Å². The number of carbonyl (C=O) groups excluding carboxylic acids is 1. The topological polar surface area (TPSA) is 101 Å². The minimum Gasteiger partial charge on any atom is -0.497 e. The summed E-state index contributed by atoms with van der Waals surface area (Å²) < 4.78 is 25.6. The Morgan fingerprint density at radius 2 is 1.39 bits per heavy atom. The van der Waals surface area contributed by atoms with Gasteiger partial charge in [-0.3, -0.25) is 9.36 Å². The van der Waals surface area contributed by atoms with Crippen molar-refractivity contribution in [1.29, 1.82) is 0 Å². The Balaban J connectivity index is 1.24. The predicted octanol–water partition coefficient (Wildman–Crippen LogP) is 6.01. The van der Waals surface area contributed by atoms with E-state index in [1.165, 1.54) is 4.57 Å². The van der Waals surface area contributed by atoms with E-state index in [1.807, 2.05) is 91.3 Å². The van der Waals surface area contributed by atoms with Crippen LogP contribution in [-0.4, -0.2) is 42.4 Å². The molecule has 0 unspecified atom stereocenters. The minimum atomic E-state index is -0.994. The van der Waals surface area contributed by atoms with Crippen molar-refractivity contribution in [2.75, 3.05) is 26.1 Å². The SMILES string of the molecule is COc1ccc(C(OC[C@H]2[CH]C[C@H](n3ccc(NC(=O)c4ccccc4)nc3=O)O2)(c2ccccc2)c2ccc(OC)cc2)cc1. The first-order chi connectivity index (χ1) is 22.5. The third kappa shape index (κ3) is 6.42. The van der Waals surface area contributed by atoms with Crippen molar-refractivity contribution in [2.45, 2.75) is 24.4 Å². The molecule has 0 bridgehead atoms. The van der Waals surface area contributed by atoms with Gasteiger partial charge in [-0.25, -0.2) is 4.79 Å². The highest BCUT2D eigenvalue weighted by atomic mass is 16.6. The van der Waals surface area contributed by atoms with Crippen molar-refractivity contribution >= 4 is 11.7 Å². The van der Waals surface area contributed by atoms with Crippen LogP contribution in [0.4, 0.5) is 5.82 Å². The Kier molecular flexibility index (Phi) is 9.23. The first-order valence-corrected chi connectivity index (χ1v) is 14.9. The molecule has 1 aromatic heterocycles. The van der Waals surface area contributed by atoms with Crippen LogP contribution in [0.1, 0.15) is 39.7 Å². The zero-order valence-electron chi connectivity index (χ0n) is 25.5. The van der Waals surface area contributed by atoms with Gasteiger partial charge in [0.25, 0.3) is 5.91 Å². The highest BCUT2D eigenvalue weighted by molar-refractivity contribution is 6.03. The summed E-state index contributed by atoms with van der Waals surface area (Å²) >= 11 is 0. The maximum Gasteiger partial charge on any atom is 0.351 e. The van der Waals surface area contributed by atoms with E-state index in [0.29, 0.717) is 12.0 Å². The average molecular weight is 617 g/mol. The third-order valence-electron chi connectivity index (χ3n) is 7.99. The summed E-state index contributed by atoms with van der Waals surface area (Å²) in [4.78, 5) is 29.6. The second-order valence-electron chi connectivity index (χ2n) is 10.7. The van der Waals surface area contributed by atoms with Gasteiger partial charge in [0.1, 0.15) is 29.1 Å². The van der Waals surface area contributed by atoms with Gasteiger partial charge in [-0.2, -0.15) is 4.98 Å². The number of ether oxygens (including phenoxy) is 4. The van der Waals surface area contributed by atoms with Crippen LogP contribution in [0.25, 0.3) is 0 Å². The molecular weight excluding hydrogens is 582 g/mol. The van der Waals surface area contributed by atoms with Crippen molar-refractivity contribution in [3.63, 3.8) is 0 Å². The number of carbonyl (C=O) groups is 1. The molecule has 0 spiro atoms. The summed E-state index contributed by atoms with van der Waals surface area (Å²) in [5, 5.41) is 2.68. The molecule has 1 aliphatic heterocycles. The molecule has 9 heteroatoms. The molecule has 1 amide bonds. The minimum absolute atomic E-state index is 0.170. The Morgan fingerprint density at radius 1 is 0.826 bits per heavy atom. The molecule has 0 saturated carbocycles. The lowest BCUT2D eigenvalue weighted by atomic mass is 9.80. The molecule has 2 atom stereocenters. The summed E-state index contributed by atoms with van der Waals surface area (Å²) in [6.45, 7) is 0.205. The fourth-order valence-electron chi connectivity index (χ4n) is 5.63. The first kappa shape index (κ1) is 30.8. The normalized spacial score (nSPS) is 16.1. The second kappa shape index (κ2) is 13.8. The number of anilines is 1. The molecule has 6 rings (SSSR count). The molecule has 1 saturated heterocycles. The van der Waals surface area contributed by atoms with Crippen LogP contribution in [0.15, 0.2) is 126 Å². The maximum atomic E-state index is 13.0. The summed E-state index contributed by atoms with van der Waals surface area (Å²) in [6.07, 6.45) is 3.09. The second-order valence-corrected chi connectivity index (χ2v) is 10.7. The molecule has 1 fully saturated rings. The van der Waals surface area contributed by atoms with Gasteiger partial charge < -0.3 is 24.3 Å². The van der Waals surface area contributed by atoms with E-state index in [2.05, 4.69) is 10.3 Å². The molecule has 9 nitrogen and oxygen atoms in total. The fraction of sp³-hybridized carbons (Fsp3) is 0.189. The van der Waals surface area contributed by atoms with Crippen molar-refractivity contribution < 1.29 is 23.7 Å². The van der Waals surface area contributed by atoms with Crippen molar-refractivity contribution in [3.05, 3.63) is 161 Å². The Bertz CT molecular complexity index is 1760. The largest absolute Gasteiger partial charge is 0.497 e. The van der Waals surface area contributed by atoms with E-state index < -0.39 is 23.6 Å². The van der Waals surface area contributed by atoms with Crippen molar-refractivity contribution in [2.24, 2.45) is 0 Å². The first-order valence-electron chi connectivity index (χ1n) is 14.9. The molecule has 1 aliphatic rings. The quantitative estimate of drug-likeness (QED) is 0.181. The van der Waals surface area contributed by atoms with Crippen LogP contribution < -0.4 is 20.5 Å². The maximum absolute atomic E-state index is 13.0. The van der Waals surface area contributed by atoms with Crippen molar-refractivity contribution in [1.82, 2.24) is 9.55 Å². The molecule has 4 aromatic carbocycles. The number of nitrogens with one attached hydrogen (secondary N) is 1. The van der Waals surface area contributed by atoms with Gasteiger partial charge in [0.05, 0.1) is 26.9 Å². The third-order valence-corrected chi connectivity index (χ3v) is 7.99. The number of hydrogen-bond donors (Lipinski definition) is 1. The van der Waals surface area contributed by atoms with E-state index in [-0.39, 0.29) is 18.3 Å². The van der Waals surface area contributed by atoms with Crippen LogP contribution >= 0.6 is 0 Å². The zero-order chi connectivity index (χ0) is 31.9. The van der Waals surface area contributed by atoms with Crippen LogP contribution in [0, 0.1) is 6.42 Å². The van der Waals surface area contributed by atoms with Gasteiger partial charge in [0, 0.05) is 11.8 Å².